The van der Waals surface area contributed by atoms with Gasteiger partial charge in [0.25, 0.3) is 11.2 Å². The molecule has 2 aromatic carbocycles. The van der Waals surface area contributed by atoms with E-state index < -0.39 is 10.5 Å². The zero-order valence-electron chi connectivity index (χ0n) is 13.3. The van der Waals surface area contributed by atoms with E-state index in [-0.39, 0.29) is 17.8 Å². The minimum Gasteiger partial charge on any atom is -0.496 e. The Labute approximate surface area is 142 Å². The molecule has 3 aromatic rings. The Hall–Kier alpha value is -3.55. The number of rotatable bonds is 5. The molecule has 0 radical (unpaired) electrons. The molecule has 0 aliphatic rings. The standard InChI is InChI=1S/C17H14N4O4/c1-25-15-8-3-2-7-13(15)16-18-14(17(22)20-19-16)10-11-5-4-6-12(9-11)21(23)24/h2-9H,10H2,1H3,(H,20,22). The van der Waals surface area contributed by atoms with Crippen LogP contribution in [0, 0.1) is 10.1 Å². The van der Waals surface area contributed by atoms with Gasteiger partial charge in [0.1, 0.15) is 11.4 Å². The third-order valence-corrected chi connectivity index (χ3v) is 3.61. The topological polar surface area (TPSA) is 111 Å². The second kappa shape index (κ2) is 6.91. The van der Waals surface area contributed by atoms with Crippen molar-refractivity contribution in [2.75, 3.05) is 7.11 Å². The fraction of sp³-hybridized carbons (Fsp3) is 0.118. The van der Waals surface area contributed by atoms with E-state index in [1.807, 2.05) is 12.1 Å². The predicted octanol–water partition coefficient (Wildman–Crippen LogP) is 2.34. The monoisotopic (exact) mass is 338 g/mol. The zero-order chi connectivity index (χ0) is 17.8. The minimum absolute atomic E-state index is 0.0343. The molecule has 0 aliphatic carbocycles. The van der Waals surface area contributed by atoms with Crippen LogP contribution in [0.25, 0.3) is 11.4 Å². The van der Waals surface area contributed by atoms with E-state index in [2.05, 4.69) is 15.2 Å². The number of nitro groups is 1. The molecule has 0 fully saturated rings. The zero-order valence-corrected chi connectivity index (χ0v) is 13.3. The van der Waals surface area contributed by atoms with Crippen LogP contribution >= 0.6 is 0 Å². The Morgan fingerprint density at radius 1 is 1.20 bits per heavy atom. The maximum absolute atomic E-state index is 12.0. The smallest absolute Gasteiger partial charge is 0.286 e. The molecule has 0 bridgehead atoms. The lowest BCUT2D eigenvalue weighted by Gasteiger charge is -2.07. The highest BCUT2D eigenvalue weighted by molar-refractivity contribution is 5.63. The summed E-state index contributed by atoms with van der Waals surface area (Å²) in [6, 6.07) is 13.3. The Bertz CT molecular complexity index is 984. The van der Waals surface area contributed by atoms with Gasteiger partial charge in [-0.05, 0) is 17.7 Å². The van der Waals surface area contributed by atoms with E-state index in [1.165, 1.54) is 19.2 Å². The van der Waals surface area contributed by atoms with E-state index in [4.69, 9.17) is 4.74 Å². The molecule has 0 spiro atoms. The Kier molecular flexibility index (Phi) is 4.51. The van der Waals surface area contributed by atoms with Crippen LogP contribution in [0.1, 0.15) is 11.3 Å². The van der Waals surface area contributed by atoms with Crippen LogP contribution in [0.2, 0.25) is 0 Å². The number of nitro benzene ring substituents is 1. The van der Waals surface area contributed by atoms with Crippen LogP contribution in [0.5, 0.6) is 5.75 Å². The van der Waals surface area contributed by atoms with Crippen molar-refractivity contribution in [2.24, 2.45) is 0 Å². The molecule has 3 rings (SSSR count). The molecule has 1 aromatic heterocycles. The number of H-pyrrole nitrogens is 1. The number of nitrogens with one attached hydrogen (secondary N) is 1. The quantitative estimate of drug-likeness (QED) is 0.564. The van der Waals surface area contributed by atoms with Gasteiger partial charge in [0.05, 0.1) is 17.6 Å². The number of ether oxygens (including phenoxy) is 1. The van der Waals surface area contributed by atoms with Crippen molar-refractivity contribution in [3.63, 3.8) is 0 Å². The SMILES string of the molecule is COc1ccccc1-c1n[nH]c(=O)c(Cc2cccc([N+](=O)[O-])c2)n1. The molecule has 0 atom stereocenters. The van der Waals surface area contributed by atoms with Crippen molar-refractivity contribution in [2.45, 2.75) is 6.42 Å². The number of hydrogen-bond donors (Lipinski definition) is 1. The number of benzene rings is 2. The van der Waals surface area contributed by atoms with Gasteiger partial charge < -0.3 is 4.74 Å². The number of aromatic nitrogens is 3. The third-order valence-electron chi connectivity index (χ3n) is 3.61. The lowest BCUT2D eigenvalue weighted by atomic mass is 10.1. The molecule has 1 heterocycles. The number of non-ortho nitro benzene ring substituents is 1. The number of methoxy groups -OCH3 is 1. The maximum Gasteiger partial charge on any atom is 0.286 e. The summed E-state index contributed by atoms with van der Waals surface area (Å²) in [6.07, 6.45) is 0.154. The first-order chi connectivity index (χ1) is 12.1. The fourth-order valence-electron chi connectivity index (χ4n) is 2.41. The first-order valence-electron chi connectivity index (χ1n) is 7.41. The van der Waals surface area contributed by atoms with Gasteiger partial charge in [0.2, 0.25) is 0 Å². The highest BCUT2D eigenvalue weighted by atomic mass is 16.6. The number of nitrogens with zero attached hydrogens (tertiary/aromatic N) is 3. The van der Waals surface area contributed by atoms with Gasteiger partial charge in [-0.3, -0.25) is 14.9 Å². The van der Waals surface area contributed by atoms with Gasteiger partial charge >= 0.3 is 0 Å². The van der Waals surface area contributed by atoms with Crippen LogP contribution < -0.4 is 10.3 Å². The number of aromatic amines is 1. The van der Waals surface area contributed by atoms with Gasteiger partial charge in [-0.1, -0.05) is 24.3 Å². The fourth-order valence-corrected chi connectivity index (χ4v) is 2.41. The summed E-state index contributed by atoms with van der Waals surface area (Å²) in [6.45, 7) is 0. The summed E-state index contributed by atoms with van der Waals surface area (Å²) < 4.78 is 5.28. The molecule has 0 saturated carbocycles. The van der Waals surface area contributed by atoms with E-state index in [0.717, 1.165) is 0 Å². The molecule has 8 heteroatoms. The average molecular weight is 338 g/mol. The molecule has 0 amide bonds. The van der Waals surface area contributed by atoms with E-state index in [0.29, 0.717) is 22.7 Å². The van der Waals surface area contributed by atoms with Crippen LogP contribution in [0.15, 0.2) is 53.3 Å². The second-order valence-electron chi connectivity index (χ2n) is 5.24. The van der Waals surface area contributed by atoms with Crippen LogP contribution in [0.4, 0.5) is 5.69 Å². The molecule has 0 unspecified atom stereocenters. The van der Waals surface area contributed by atoms with Crippen LogP contribution in [-0.4, -0.2) is 27.2 Å². The molecule has 126 valence electrons. The van der Waals surface area contributed by atoms with Crippen molar-refractivity contribution < 1.29 is 9.66 Å². The molecular weight excluding hydrogens is 324 g/mol. The summed E-state index contributed by atoms with van der Waals surface area (Å²) in [7, 11) is 1.54. The largest absolute Gasteiger partial charge is 0.496 e. The first-order valence-corrected chi connectivity index (χ1v) is 7.41. The van der Waals surface area contributed by atoms with Crippen molar-refractivity contribution in [3.8, 4) is 17.1 Å². The molecule has 0 aliphatic heterocycles. The lowest BCUT2D eigenvalue weighted by molar-refractivity contribution is -0.384. The predicted molar refractivity (Wildman–Crippen MR) is 90.5 cm³/mol. The Morgan fingerprint density at radius 2 is 2.00 bits per heavy atom. The highest BCUT2D eigenvalue weighted by Crippen LogP contribution is 2.26. The van der Waals surface area contributed by atoms with Crippen molar-refractivity contribution in [3.05, 3.63) is 80.3 Å². The molecule has 1 N–H and O–H groups in total. The van der Waals surface area contributed by atoms with Gasteiger partial charge in [-0.15, -0.1) is 0 Å². The van der Waals surface area contributed by atoms with Gasteiger partial charge in [-0.2, -0.15) is 5.10 Å². The molecule has 0 saturated heterocycles. The van der Waals surface area contributed by atoms with Crippen molar-refractivity contribution in [1.82, 2.24) is 15.2 Å². The average Bonchev–Trinajstić information content (AvgIpc) is 2.63. The highest BCUT2D eigenvalue weighted by Gasteiger charge is 2.13. The summed E-state index contributed by atoms with van der Waals surface area (Å²) in [5, 5.41) is 17.3. The van der Waals surface area contributed by atoms with Gasteiger partial charge in [-0.25, -0.2) is 10.1 Å². The van der Waals surface area contributed by atoms with Crippen molar-refractivity contribution in [1.29, 1.82) is 0 Å². The molecule has 25 heavy (non-hydrogen) atoms. The number of hydrogen-bond acceptors (Lipinski definition) is 6. The van der Waals surface area contributed by atoms with Crippen molar-refractivity contribution >= 4 is 5.69 Å². The van der Waals surface area contributed by atoms with E-state index in [1.54, 1.807) is 24.3 Å². The normalized spacial score (nSPS) is 10.4. The molecular formula is C17H14N4O4. The van der Waals surface area contributed by atoms with E-state index >= 15 is 0 Å². The maximum atomic E-state index is 12.0. The second-order valence-corrected chi connectivity index (χ2v) is 5.24. The van der Waals surface area contributed by atoms with Crippen LogP contribution in [-0.2, 0) is 6.42 Å². The Morgan fingerprint density at radius 3 is 2.76 bits per heavy atom. The summed E-state index contributed by atoms with van der Waals surface area (Å²) >= 11 is 0. The van der Waals surface area contributed by atoms with Crippen LogP contribution in [0.3, 0.4) is 0 Å². The first kappa shape index (κ1) is 16.3. The van der Waals surface area contributed by atoms with E-state index in [9.17, 15) is 14.9 Å². The minimum atomic E-state index is -0.478. The van der Waals surface area contributed by atoms with Gasteiger partial charge in [0, 0.05) is 18.6 Å². The lowest BCUT2D eigenvalue weighted by Crippen LogP contribution is -2.18. The summed E-state index contributed by atoms with van der Waals surface area (Å²) in [4.78, 5) is 26.8. The third kappa shape index (κ3) is 3.52. The summed E-state index contributed by atoms with van der Waals surface area (Å²) in [5.74, 6) is 0.897. The summed E-state index contributed by atoms with van der Waals surface area (Å²) in [5.41, 5.74) is 1.00. The van der Waals surface area contributed by atoms with Gasteiger partial charge in [0.15, 0.2) is 5.82 Å². The molecule has 8 nitrogen and oxygen atoms in total. The Balaban J connectivity index is 1.99. The number of para-hydroxylation sites is 1.